The van der Waals surface area contributed by atoms with Gasteiger partial charge in [-0.25, -0.2) is 4.98 Å². The molecule has 0 unspecified atom stereocenters. The van der Waals surface area contributed by atoms with Crippen molar-refractivity contribution in [2.45, 2.75) is 0 Å². The first kappa shape index (κ1) is 12.8. The second-order valence-electron chi connectivity index (χ2n) is 4.55. The van der Waals surface area contributed by atoms with E-state index in [4.69, 9.17) is 21.9 Å². The third-order valence-corrected chi connectivity index (χ3v) is 3.83. The molecule has 20 heavy (non-hydrogen) atoms. The minimum Gasteiger partial charge on any atom is -0.497 e. The summed E-state index contributed by atoms with van der Waals surface area (Å²) < 4.78 is 7.92. The van der Waals surface area contributed by atoms with Crippen molar-refractivity contribution in [2.24, 2.45) is 7.05 Å². The van der Waals surface area contributed by atoms with Crippen LogP contribution >= 0.6 is 12.2 Å². The van der Waals surface area contributed by atoms with Crippen LogP contribution in [0, 0.1) is 4.64 Å². The van der Waals surface area contributed by atoms with Crippen molar-refractivity contribution in [1.82, 2.24) is 9.55 Å². The molecule has 0 radical (unpaired) electrons. The molecule has 100 valence electrons. The van der Waals surface area contributed by atoms with E-state index in [9.17, 15) is 0 Å². The van der Waals surface area contributed by atoms with Gasteiger partial charge in [0.2, 0.25) is 0 Å². The zero-order chi connectivity index (χ0) is 14.1. The van der Waals surface area contributed by atoms with Crippen LogP contribution in [0.4, 0.5) is 0 Å². The number of para-hydroxylation sites is 1. The van der Waals surface area contributed by atoms with Gasteiger partial charge in [-0.1, -0.05) is 24.4 Å². The van der Waals surface area contributed by atoms with Crippen LogP contribution in [0.1, 0.15) is 0 Å². The summed E-state index contributed by atoms with van der Waals surface area (Å²) in [6.07, 6.45) is 0. The number of nitrogens with zero attached hydrogens (tertiary/aromatic N) is 2. The molecule has 0 spiro atoms. The Balaban J connectivity index is 2.25. The van der Waals surface area contributed by atoms with Crippen molar-refractivity contribution < 1.29 is 4.74 Å². The summed E-state index contributed by atoms with van der Waals surface area (Å²) in [4.78, 5) is 4.72. The molecule has 0 aliphatic heterocycles. The molecule has 0 saturated heterocycles. The fourth-order valence-electron chi connectivity index (χ4n) is 2.22. The fraction of sp³-hybridized carbons (Fsp3) is 0.125. The summed E-state index contributed by atoms with van der Waals surface area (Å²) in [5, 5.41) is 1.00. The smallest absolute Gasteiger partial charge is 0.141 e. The molecule has 0 aliphatic rings. The highest BCUT2D eigenvalue weighted by molar-refractivity contribution is 7.71. The zero-order valence-corrected chi connectivity index (χ0v) is 12.1. The second-order valence-corrected chi connectivity index (χ2v) is 4.93. The summed E-state index contributed by atoms with van der Waals surface area (Å²) in [6, 6.07) is 15.8. The minimum atomic E-state index is 0.793. The Hall–Kier alpha value is -2.20. The number of benzene rings is 2. The molecule has 0 amide bonds. The van der Waals surface area contributed by atoms with Crippen molar-refractivity contribution in [3.8, 4) is 17.1 Å². The third-order valence-electron chi connectivity index (χ3n) is 3.33. The van der Waals surface area contributed by atoms with E-state index in [1.54, 1.807) is 7.11 Å². The number of aromatic nitrogens is 2. The molecule has 1 aromatic heterocycles. The topological polar surface area (TPSA) is 27.1 Å². The Labute approximate surface area is 122 Å². The van der Waals surface area contributed by atoms with E-state index in [-0.39, 0.29) is 0 Å². The van der Waals surface area contributed by atoms with Gasteiger partial charge in [0.1, 0.15) is 16.2 Å². The first-order valence-corrected chi connectivity index (χ1v) is 6.72. The molecule has 0 aliphatic carbocycles. The molecule has 0 bridgehead atoms. The van der Waals surface area contributed by atoms with Crippen molar-refractivity contribution in [3.05, 3.63) is 53.2 Å². The lowest BCUT2D eigenvalue weighted by Crippen LogP contribution is -2.02. The van der Waals surface area contributed by atoms with Gasteiger partial charge in [-0.15, -0.1) is 0 Å². The number of fused-ring (bicyclic) bond motifs is 1. The van der Waals surface area contributed by atoms with Crippen LogP contribution in [0.2, 0.25) is 0 Å². The normalized spacial score (nSPS) is 10.7. The van der Waals surface area contributed by atoms with Gasteiger partial charge in [0.15, 0.2) is 0 Å². The van der Waals surface area contributed by atoms with Crippen LogP contribution in [0.25, 0.3) is 22.3 Å². The largest absolute Gasteiger partial charge is 0.497 e. The van der Waals surface area contributed by atoms with E-state index >= 15 is 0 Å². The summed E-state index contributed by atoms with van der Waals surface area (Å²) in [7, 11) is 3.60. The molecule has 0 N–H and O–H groups in total. The standard InChI is InChI=1S/C16H14N2OS/c1-18-15(11-7-9-12(19-2)10-8-11)17-14-6-4-3-5-13(14)16(18)20/h3-10H,1-2H3. The SMILES string of the molecule is COc1ccc(-c2nc3ccccc3c(=S)n2C)cc1. The lowest BCUT2D eigenvalue weighted by Gasteiger charge is -2.11. The number of methoxy groups -OCH3 is 1. The van der Waals surface area contributed by atoms with E-state index in [1.165, 1.54) is 0 Å². The first-order valence-electron chi connectivity index (χ1n) is 6.31. The van der Waals surface area contributed by atoms with E-state index < -0.39 is 0 Å². The molecule has 1 heterocycles. The van der Waals surface area contributed by atoms with Gasteiger partial charge in [0.05, 0.1) is 12.6 Å². The lowest BCUT2D eigenvalue weighted by atomic mass is 10.2. The Bertz CT molecular complexity index is 822. The van der Waals surface area contributed by atoms with Crippen molar-refractivity contribution in [1.29, 1.82) is 0 Å². The van der Waals surface area contributed by atoms with Crippen LogP contribution < -0.4 is 4.74 Å². The maximum Gasteiger partial charge on any atom is 0.141 e. The van der Waals surface area contributed by atoms with Crippen molar-refractivity contribution in [2.75, 3.05) is 7.11 Å². The van der Waals surface area contributed by atoms with Crippen LogP contribution in [-0.4, -0.2) is 16.7 Å². The Morgan fingerprint density at radius 2 is 1.75 bits per heavy atom. The molecule has 3 nitrogen and oxygen atoms in total. The summed E-state index contributed by atoms with van der Waals surface area (Å²) in [5.41, 5.74) is 1.94. The molecular formula is C16H14N2OS. The van der Waals surface area contributed by atoms with Gasteiger partial charge in [-0.05, 0) is 36.4 Å². The number of hydrogen-bond donors (Lipinski definition) is 0. The lowest BCUT2D eigenvalue weighted by molar-refractivity contribution is 0.415. The highest BCUT2D eigenvalue weighted by atomic mass is 32.1. The second kappa shape index (κ2) is 5.06. The average molecular weight is 282 g/mol. The monoisotopic (exact) mass is 282 g/mol. The Morgan fingerprint density at radius 3 is 2.45 bits per heavy atom. The molecular weight excluding hydrogens is 268 g/mol. The fourth-order valence-corrected chi connectivity index (χ4v) is 2.48. The molecule has 0 atom stereocenters. The Morgan fingerprint density at radius 1 is 1.05 bits per heavy atom. The molecule has 3 rings (SSSR count). The van der Waals surface area contributed by atoms with Gasteiger partial charge >= 0.3 is 0 Å². The molecule has 4 heteroatoms. The van der Waals surface area contributed by atoms with Crippen LogP contribution in [-0.2, 0) is 7.05 Å². The van der Waals surface area contributed by atoms with Crippen molar-refractivity contribution >= 4 is 23.1 Å². The van der Waals surface area contributed by atoms with Crippen molar-refractivity contribution in [3.63, 3.8) is 0 Å². The van der Waals surface area contributed by atoms with E-state index in [0.717, 1.165) is 32.7 Å². The van der Waals surface area contributed by atoms with Gasteiger partial charge in [-0.2, -0.15) is 0 Å². The quantitative estimate of drug-likeness (QED) is 0.665. The molecule has 0 saturated carbocycles. The summed E-state index contributed by atoms with van der Waals surface area (Å²) in [5.74, 6) is 1.69. The minimum absolute atomic E-state index is 0.793. The maximum atomic E-state index is 5.53. The predicted octanol–water partition coefficient (Wildman–Crippen LogP) is 3.98. The van der Waals surface area contributed by atoms with Gasteiger partial charge in [0.25, 0.3) is 0 Å². The highest BCUT2D eigenvalue weighted by Gasteiger charge is 2.07. The van der Waals surface area contributed by atoms with Crippen LogP contribution in [0.3, 0.4) is 0 Å². The Kier molecular flexibility index (Phi) is 3.24. The molecule has 0 fully saturated rings. The van der Waals surface area contributed by atoms with Crippen LogP contribution in [0.15, 0.2) is 48.5 Å². The number of ether oxygens (including phenoxy) is 1. The van der Waals surface area contributed by atoms with Gasteiger partial charge in [-0.3, -0.25) is 0 Å². The predicted molar refractivity (Wildman–Crippen MR) is 83.5 cm³/mol. The number of rotatable bonds is 2. The van der Waals surface area contributed by atoms with Gasteiger partial charge in [0, 0.05) is 18.0 Å². The van der Waals surface area contributed by atoms with E-state index in [1.807, 2.05) is 60.1 Å². The highest BCUT2D eigenvalue weighted by Crippen LogP contribution is 2.23. The van der Waals surface area contributed by atoms with E-state index in [2.05, 4.69) is 0 Å². The molecule has 3 aromatic rings. The summed E-state index contributed by atoms with van der Waals surface area (Å²) in [6.45, 7) is 0. The zero-order valence-electron chi connectivity index (χ0n) is 11.3. The number of hydrogen-bond acceptors (Lipinski definition) is 3. The van der Waals surface area contributed by atoms with Crippen LogP contribution in [0.5, 0.6) is 5.75 Å². The molecule has 2 aromatic carbocycles. The third kappa shape index (κ3) is 2.08. The first-order chi connectivity index (χ1) is 9.70. The summed E-state index contributed by atoms with van der Waals surface area (Å²) >= 11 is 5.53. The van der Waals surface area contributed by atoms with Gasteiger partial charge < -0.3 is 9.30 Å². The van der Waals surface area contributed by atoms with E-state index in [0.29, 0.717) is 0 Å². The maximum absolute atomic E-state index is 5.53. The average Bonchev–Trinajstić information content (AvgIpc) is 2.51.